The van der Waals surface area contributed by atoms with Gasteiger partial charge in [0.2, 0.25) is 0 Å². The summed E-state index contributed by atoms with van der Waals surface area (Å²) < 4.78 is 33.9. The van der Waals surface area contributed by atoms with Gasteiger partial charge in [-0.05, 0) is 36.8 Å². The van der Waals surface area contributed by atoms with Gasteiger partial charge in [0.25, 0.3) is 11.8 Å². The van der Waals surface area contributed by atoms with Crippen molar-refractivity contribution in [3.63, 3.8) is 0 Å². The van der Waals surface area contributed by atoms with Crippen molar-refractivity contribution in [2.75, 3.05) is 32.8 Å². The average molecular weight is 531 g/mol. The standard InChI is InChI=1S/C26H25ClF2N4O4/c1-2-3-10-37-26(36)33-8-6-32(7-9-33)25(35)15-4-5-17-18(27)14-21(31-22(17)13-15)16-11-19(28)23(24(30)34)20(29)12-16/h4-5,11-14H,2-3,6-10H2,1H3,(H2,30,34). The van der Waals surface area contributed by atoms with Crippen LogP contribution in [0.25, 0.3) is 22.2 Å². The van der Waals surface area contributed by atoms with E-state index < -0.39 is 23.1 Å². The molecule has 0 aliphatic carbocycles. The molecule has 8 nitrogen and oxygen atoms in total. The lowest BCUT2D eigenvalue weighted by Crippen LogP contribution is -2.50. The number of aromatic nitrogens is 1. The van der Waals surface area contributed by atoms with Crippen LogP contribution in [-0.2, 0) is 4.74 Å². The fraction of sp³-hybridized carbons (Fsp3) is 0.308. The maximum absolute atomic E-state index is 14.3. The number of hydrogen-bond donors (Lipinski definition) is 1. The lowest BCUT2D eigenvalue weighted by Gasteiger charge is -2.34. The summed E-state index contributed by atoms with van der Waals surface area (Å²) in [5.74, 6) is -3.69. The van der Waals surface area contributed by atoms with E-state index in [9.17, 15) is 23.2 Å². The molecule has 1 saturated heterocycles. The summed E-state index contributed by atoms with van der Waals surface area (Å²) in [6.45, 7) is 3.79. The number of amides is 3. The predicted octanol–water partition coefficient (Wildman–Crippen LogP) is 4.63. The van der Waals surface area contributed by atoms with Crippen molar-refractivity contribution in [3.05, 3.63) is 64.2 Å². The van der Waals surface area contributed by atoms with Crippen molar-refractivity contribution in [2.45, 2.75) is 19.8 Å². The molecular formula is C26H25ClF2N4O4. The van der Waals surface area contributed by atoms with Gasteiger partial charge in [-0.25, -0.2) is 18.6 Å². The Labute approximate surface area is 216 Å². The minimum absolute atomic E-state index is 0.0578. The highest BCUT2D eigenvalue weighted by Gasteiger charge is 2.26. The molecule has 1 aliphatic rings. The fourth-order valence-electron chi connectivity index (χ4n) is 4.09. The van der Waals surface area contributed by atoms with Gasteiger partial charge in [0.1, 0.15) is 17.2 Å². The van der Waals surface area contributed by atoms with E-state index >= 15 is 0 Å². The van der Waals surface area contributed by atoms with Crippen LogP contribution in [0.2, 0.25) is 5.02 Å². The number of piperazine rings is 1. The third kappa shape index (κ3) is 5.64. The molecule has 3 amide bonds. The van der Waals surface area contributed by atoms with Crippen LogP contribution in [0.5, 0.6) is 0 Å². The molecule has 1 aromatic heterocycles. The molecule has 2 heterocycles. The Hall–Kier alpha value is -3.79. The number of primary amides is 1. The largest absolute Gasteiger partial charge is 0.449 e. The van der Waals surface area contributed by atoms with Gasteiger partial charge in [0.05, 0.1) is 22.8 Å². The van der Waals surface area contributed by atoms with Gasteiger partial charge < -0.3 is 20.3 Å². The summed E-state index contributed by atoms with van der Waals surface area (Å²) in [5.41, 5.74) is 5.13. The van der Waals surface area contributed by atoms with Gasteiger partial charge in [-0.2, -0.15) is 0 Å². The van der Waals surface area contributed by atoms with Gasteiger partial charge in [-0.1, -0.05) is 31.0 Å². The second-order valence-electron chi connectivity index (χ2n) is 8.65. The molecule has 194 valence electrons. The lowest BCUT2D eigenvalue weighted by atomic mass is 10.0. The van der Waals surface area contributed by atoms with Crippen LogP contribution in [0.1, 0.15) is 40.5 Å². The van der Waals surface area contributed by atoms with Crippen molar-refractivity contribution >= 4 is 40.4 Å². The molecule has 0 spiro atoms. The molecule has 0 unspecified atom stereocenters. The van der Waals surface area contributed by atoms with Crippen molar-refractivity contribution in [1.29, 1.82) is 0 Å². The smallest absolute Gasteiger partial charge is 0.409 e. The molecule has 2 aromatic carbocycles. The SMILES string of the molecule is CCCCOC(=O)N1CCN(C(=O)c2ccc3c(Cl)cc(-c4cc(F)c(C(N)=O)c(F)c4)nc3c2)CC1. The van der Waals surface area contributed by atoms with Gasteiger partial charge in [-0.15, -0.1) is 0 Å². The Morgan fingerprint density at radius 2 is 1.68 bits per heavy atom. The second-order valence-corrected chi connectivity index (χ2v) is 9.05. The number of halogens is 3. The molecule has 4 rings (SSSR count). The zero-order valence-electron chi connectivity index (χ0n) is 20.1. The Morgan fingerprint density at radius 1 is 1.03 bits per heavy atom. The number of nitrogens with zero attached hydrogens (tertiary/aromatic N) is 3. The first-order chi connectivity index (χ1) is 17.7. The summed E-state index contributed by atoms with van der Waals surface area (Å²) in [5, 5.41) is 0.824. The van der Waals surface area contributed by atoms with Crippen LogP contribution in [0, 0.1) is 11.6 Å². The molecule has 3 aromatic rings. The topological polar surface area (TPSA) is 106 Å². The minimum atomic E-state index is -1.22. The molecule has 1 fully saturated rings. The highest BCUT2D eigenvalue weighted by atomic mass is 35.5. The van der Waals surface area contributed by atoms with Crippen molar-refractivity contribution in [3.8, 4) is 11.3 Å². The Morgan fingerprint density at radius 3 is 2.30 bits per heavy atom. The van der Waals surface area contributed by atoms with Crippen molar-refractivity contribution in [2.24, 2.45) is 5.73 Å². The lowest BCUT2D eigenvalue weighted by molar-refractivity contribution is 0.0558. The number of benzene rings is 2. The molecule has 0 radical (unpaired) electrons. The number of rotatable bonds is 6. The maximum Gasteiger partial charge on any atom is 0.409 e. The molecule has 0 bridgehead atoms. The number of pyridine rings is 1. The van der Waals surface area contributed by atoms with Crippen molar-refractivity contribution < 1.29 is 27.9 Å². The molecular weight excluding hydrogens is 506 g/mol. The van der Waals surface area contributed by atoms with E-state index in [2.05, 4.69) is 4.98 Å². The van der Waals surface area contributed by atoms with Gasteiger partial charge in [0.15, 0.2) is 0 Å². The Bertz CT molecular complexity index is 1350. The monoisotopic (exact) mass is 530 g/mol. The van der Waals surface area contributed by atoms with Gasteiger partial charge in [0, 0.05) is 42.7 Å². The van der Waals surface area contributed by atoms with Crippen LogP contribution in [0.15, 0.2) is 36.4 Å². The normalized spacial score (nSPS) is 13.6. The zero-order valence-corrected chi connectivity index (χ0v) is 20.9. The fourth-order valence-corrected chi connectivity index (χ4v) is 4.36. The number of nitrogens with two attached hydrogens (primary N) is 1. The number of hydrogen-bond acceptors (Lipinski definition) is 5. The first kappa shape index (κ1) is 26.3. The van der Waals surface area contributed by atoms with E-state index in [4.69, 9.17) is 22.1 Å². The summed E-state index contributed by atoms with van der Waals surface area (Å²) in [7, 11) is 0. The third-order valence-electron chi connectivity index (χ3n) is 6.14. The molecule has 1 aliphatic heterocycles. The summed E-state index contributed by atoms with van der Waals surface area (Å²) in [6, 6.07) is 8.20. The maximum atomic E-state index is 14.3. The number of carbonyl (C=O) groups excluding carboxylic acids is 3. The third-order valence-corrected chi connectivity index (χ3v) is 6.45. The van der Waals surface area contributed by atoms with Gasteiger partial charge >= 0.3 is 6.09 Å². The molecule has 11 heteroatoms. The van der Waals surface area contributed by atoms with Gasteiger partial charge in [-0.3, -0.25) is 9.59 Å². The average Bonchev–Trinajstić information content (AvgIpc) is 2.87. The second kappa shape index (κ2) is 11.1. The van der Waals surface area contributed by atoms with E-state index in [1.54, 1.807) is 28.0 Å². The molecule has 37 heavy (non-hydrogen) atoms. The van der Waals surface area contributed by atoms with E-state index in [1.807, 2.05) is 6.92 Å². The van der Waals surface area contributed by atoms with Crippen LogP contribution < -0.4 is 5.73 Å². The molecule has 0 saturated carbocycles. The number of fused-ring (bicyclic) bond motifs is 1. The highest BCUT2D eigenvalue weighted by molar-refractivity contribution is 6.35. The minimum Gasteiger partial charge on any atom is -0.449 e. The number of carbonyl (C=O) groups is 3. The van der Waals surface area contributed by atoms with E-state index in [1.165, 1.54) is 6.07 Å². The van der Waals surface area contributed by atoms with Crippen LogP contribution in [0.3, 0.4) is 0 Å². The first-order valence-corrected chi connectivity index (χ1v) is 12.2. The van der Waals surface area contributed by atoms with Crippen molar-refractivity contribution in [1.82, 2.24) is 14.8 Å². The van der Waals surface area contributed by atoms with E-state index in [0.717, 1.165) is 25.0 Å². The first-order valence-electron chi connectivity index (χ1n) is 11.8. The Balaban J connectivity index is 1.54. The Kier molecular flexibility index (Phi) is 7.87. The van der Waals surface area contributed by atoms with E-state index in [0.29, 0.717) is 49.3 Å². The zero-order chi connectivity index (χ0) is 26.7. The number of ether oxygens (including phenoxy) is 1. The molecule has 0 atom stereocenters. The quantitative estimate of drug-likeness (QED) is 0.468. The van der Waals surface area contributed by atoms with Crippen LogP contribution in [0.4, 0.5) is 13.6 Å². The van der Waals surface area contributed by atoms with Crippen LogP contribution >= 0.6 is 11.6 Å². The molecule has 2 N–H and O–H groups in total. The highest BCUT2D eigenvalue weighted by Crippen LogP contribution is 2.30. The summed E-state index contributed by atoms with van der Waals surface area (Å²) in [6.07, 6.45) is 1.35. The summed E-state index contributed by atoms with van der Waals surface area (Å²) >= 11 is 6.40. The summed E-state index contributed by atoms with van der Waals surface area (Å²) in [4.78, 5) is 44.3. The predicted molar refractivity (Wildman–Crippen MR) is 134 cm³/mol. The number of unbranched alkanes of at least 4 members (excludes halogenated alkanes) is 1. The van der Waals surface area contributed by atoms with E-state index in [-0.39, 0.29) is 28.3 Å². The van der Waals surface area contributed by atoms with Crippen LogP contribution in [-0.4, -0.2) is 65.5 Å².